The van der Waals surface area contributed by atoms with E-state index in [0.29, 0.717) is 16.9 Å². The first-order chi connectivity index (χ1) is 13.5. The first-order valence-electron chi connectivity index (χ1n) is 8.84. The SMILES string of the molecule is Cc1cc(C(C(N)=O)c2ccc(-c3cccc4[nH]nc(N)c34)cc2)ccc1F. The highest BCUT2D eigenvalue weighted by atomic mass is 19.1. The maximum Gasteiger partial charge on any atom is 0.229 e. The predicted molar refractivity (Wildman–Crippen MR) is 108 cm³/mol. The number of nitrogens with two attached hydrogens (primary N) is 2. The van der Waals surface area contributed by atoms with Crippen molar-refractivity contribution in [3.8, 4) is 11.1 Å². The van der Waals surface area contributed by atoms with Crippen LogP contribution in [-0.2, 0) is 4.79 Å². The molecule has 0 aliphatic heterocycles. The van der Waals surface area contributed by atoms with Crippen molar-refractivity contribution in [2.75, 3.05) is 5.73 Å². The summed E-state index contributed by atoms with van der Waals surface area (Å²) in [6, 6.07) is 18.0. The molecule has 0 radical (unpaired) electrons. The van der Waals surface area contributed by atoms with Crippen LogP contribution in [-0.4, -0.2) is 16.1 Å². The molecule has 0 saturated heterocycles. The highest BCUT2D eigenvalue weighted by Crippen LogP contribution is 2.33. The van der Waals surface area contributed by atoms with Crippen LogP contribution in [0.4, 0.5) is 10.2 Å². The molecular formula is C22H19FN4O. The standard InChI is InChI=1S/C22H19FN4O/c1-12-11-15(9-10-17(12)23)19(22(25)28)14-7-5-13(6-8-14)16-3-2-4-18-20(16)21(24)27-26-18/h2-11,19H,1H3,(H2,25,28)(H3,24,26,27). The van der Waals surface area contributed by atoms with E-state index in [1.807, 2.05) is 42.5 Å². The van der Waals surface area contributed by atoms with E-state index in [4.69, 9.17) is 11.5 Å². The summed E-state index contributed by atoms with van der Waals surface area (Å²) < 4.78 is 13.6. The number of halogens is 1. The summed E-state index contributed by atoms with van der Waals surface area (Å²) in [5, 5.41) is 7.83. The summed E-state index contributed by atoms with van der Waals surface area (Å²) in [4.78, 5) is 12.1. The fourth-order valence-electron chi connectivity index (χ4n) is 3.56. The molecule has 4 rings (SSSR count). The molecular weight excluding hydrogens is 355 g/mol. The molecule has 1 aromatic heterocycles. The molecule has 1 heterocycles. The number of rotatable bonds is 4. The van der Waals surface area contributed by atoms with Gasteiger partial charge in [-0.3, -0.25) is 9.89 Å². The van der Waals surface area contributed by atoms with Crippen molar-refractivity contribution in [3.05, 3.63) is 83.2 Å². The Morgan fingerprint density at radius 3 is 2.46 bits per heavy atom. The van der Waals surface area contributed by atoms with Gasteiger partial charge in [0.2, 0.25) is 5.91 Å². The summed E-state index contributed by atoms with van der Waals surface area (Å²) in [5.74, 6) is -1.01. The fraction of sp³-hybridized carbons (Fsp3) is 0.0909. The number of H-pyrrole nitrogens is 1. The largest absolute Gasteiger partial charge is 0.382 e. The predicted octanol–water partition coefficient (Wildman–Crippen LogP) is 3.88. The number of amides is 1. The van der Waals surface area contributed by atoms with Crippen molar-refractivity contribution < 1.29 is 9.18 Å². The Morgan fingerprint density at radius 1 is 1.07 bits per heavy atom. The molecule has 6 heteroatoms. The average molecular weight is 374 g/mol. The van der Waals surface area contributed by atoms with Gasteiger partial charge in [0.15, 0.2) is 5.82 Å². The molecule has 3 aromatic carbocycles. The van der Waals surface area contributed by atoms with E-state index in [-0.39, 0.29) is 5.82 Å². The van der Waals surface area contributed by atoms with Crippen molar-refractivity contribution in [2.24, 2.45) is 5.73 Å². The van der Waals surface area contributed by atoms with Crippen molar-refractivity contribution in [2.45, 2.75) is 12.8 Å². The van der Waals surface area contributed by atoms with Crippen molar-refractivity contribution in [1.29, 1.82) is 0 Å². The zero-order chi connectivity index (χ0) is 19.8. The second-order valence-corrected chi connectivity index (χ2v) is 6.80. The number of aromatic amines is 1. The van der Waals surface area contributed by atoms with Gasteiger partial charge in [0, 0.05) is 0 Å². The Kier molecular flexibility index (Phi) is 4.31. The number of carbonyl (C=O) groups excluding carboxylic acids is 1. The first-order valence-corrected chi connectivity index (χ1v) is 8.84. The summed E-state index contributed by atoms with van der Waals surface area (Å²) in [5.41, 5.74) is 16.3. The topological polar surface area (TPSA) is 97.8 Å². The normalized spacial score (nSPS) is 12.2. The molecule has 5 nitrogen and oxygen atoms in total. The van der Waals surface area contributed by atoms with Gasteiger partial charge in [-0.25, -0.2) is 4.39 Å². The molecule has 4 aromatic rings. The van der Waals surface area contributed by atoms with E-state index in [9.17, 15) is 9.18 Å². The molecule has 28 heavy (non-hydrogen) atoms. The molecule has 0 fully saturated rings. The summed E-state index contributed by atoms with van der Waals surface area (Å²) in [6.45, 7) is 1.66. The van der Waals surface area contributed by atoms with Gasteiger partial charge in [-0.05, 0) is 46.9 Å². The highest BCUT2D eigenvalue weighted by molar-refractivity contribution is 6.01. The fourth-order valence-corrected chi connectivity index (χ4v) is 3.56. The minimum atomic E-state index is -0.650. The maximum absolute atomic E-state index is 13.6. The van der Waals surface area contributed by atoms with Crippen LogP contribution in [0, 0.1) is 12.7 Å². The molecule has 0 bridgehead atoms. The summed E-state index contributed by atoms with van der Waals surface area (Å²) in [6.07, 6.45) is 0. The minimum absolute atomic E-state index is 0.312. The number of benzene rings is 3. The van der Waals surface area contributed by atoms with E-state index in [1.165, 1.54) is 6.07 Å². The van der Waals surface area contributed by atoms with Crippen molar-refractivity contribution in [1.82, 2.24) is 10.2 Å². The number of hydrogen-bond donors (Lipinski definition) is 3. The number of aromatic nitrogens is 2. The number of nitrogen functional groups attached to an aromatic ring is 1. The lowest BCUT2D eigenvalue weighted by atomic mass is 9.88. The van der Waals surface area contributed by atoms with Crippen LogP contribution >= 0.6 is 0 Å². The zero-order valence-corrected chi connectivity index (χ0v) is 15.2. The van der Waals surface area contributed by atoms with Gasteiger partial charge in [-0.1, -0.05) is 48.5 Å². The number of hydrogen-bond acceptors (Lipinski definition) is 3. The van der Waals surface area contributed by atoms with E-state index >= 15 is 0 Å². The number of nitrogens with zero attached hydrogens (tertiary/aromatic N) is 1. The molecule has 0 aliphatic rings. The van der Waals surface area contributed by atoms with Crippen LogP contribution in [0.1, 0.15) is 22.6 Å². The van der Waals surface area contributed by atoms with Crippen molar-refractivity contribution >= 4 is 22.6 Å². The zero-order valence-electron chi connectivity index (χ0n) is 15.2. The minimum Gasteiger partial charge on any atom is -0.382 e. The number of primary amides is 1. The first kappa shape index (κ1) is 17.7. The third-order valence-corrected chi connectivity index (χ3v) is 4.97. The Hall–Kier alpha value is -3.67. The van der Waals surface area contributed by atoms with Crippen LogP contribution in [0.2, 0.25) is 0 Å². The number of aryl methyl sites for hydroxylation is 1. The van der Waals surface area contributed by atoms with Gasteiger partial charge in [-0.15, -0.1) is 0 Å². The lowest BCUT2D eigenvalue weighted by molar-refractivity contribution is -0.118. The van der Waals surface area contributed by atoms with Gasteiger partial charge in [0.25, 0.3) is 0 Å². The lowest BCUT2D eigenvalue weighted by Crippen LogP contribution is -2.22. The molecule has 0 aliphatic carbocycles. The van der Waals surface area contributed by atoms with E-state index in [1.54, 1.807) is 19.1 Å². The molecule has 1 atom stereocenters. The van der Waals surface area contributed by atoms with Gasteiger partial charge in [0.05, 0.1) is 16.8 Å². The Morgan fingerprint density at radius 2 is 1.79 bits per heavy atom. The Balaban J connectivity index is 1.76. The number of nitrogens with one attached hydrogen (secondary N) is 1. The highest BCUT2D eigenvalue weighted by Gasteiger charge is 2.21. The van der Waals surface area contributed by atoms with Crippen molar-refractivity contribution in [3.63, 3.8) is 0 Å². The molecule has 0 saturated carbocycles. The molecule has 0 spiro atoms. The molecule has 5 N–H and O–H groups in total. The van der Waals surface area contributed by atoms with Gasteiger partial charge in [-0.2, -0.15) is 5.10 Å². The molecule has 1 unspecified atom stereocenters. The average Bonchev–Trinajstić information content (AvgIpc) is 3.06. The van der Waals surface area contributed by atoms with Gasteiger partial charge < -0.3 is 11.5 Å². The Labute approximate surface area is 161 Å². The second kappa shape index (κ2) is 6.81. The van der Waals surface area contributed by atoms with Crippen LogP contribution in [0.3, 0.4) is 0 Å². The second-order valence-electron chi connectivity index (χ2n) is 6.80. The summed E-state index contributed by atoms with van der Waals surface area (Å²) >= 11 is 0. The third kappa shape index (κ3) is 2.99. The summed E-state index contributed by atoms with van der Waals surface area (Å²) in [7, 11) is 0. The number of anilines is 1. The third-order valence-electron chi connectivity index (χ3n) is 4.97. The quantitative estimate of drug-likeness (QED) is 0.506. The van der Waals surface area contributed by atoms with Gasteiger partial charge >= 0.3 is 0 Å². The van der Waals surface area contributed by atoms with Crippen LogP contribution in [0.5, 0.6) is 0 Å². The lowest BCUT2D eigenvalue weighted by Gasteiger charge is -2.16. The Bertz CT molecular complexity index is 1180. The van der Waals surface area contributed by atoms with E-state index in [2.05, 4.69) is 10.2 Å². The van der Waals surface area contributed by atoms with E-state index in [0.717, 1.165) is 27.6 Å². The van der Waals surface area contributed by atoms with Crippen LogP contribution < -0.4 is 11.5 Å². The molecule has 140 valence electrons. The number of carbonyl (C=O) groups is 1. The van der Waals surface area contributed by atoms with Crippen LogP contribution in [0.15, 0.2) is 60.7 Å². The smallest absolute Gasteiger partial charge is 0.229 e. The maximum atomic E-state index is 13.6. The monoisotopic (exact) mass is 374 g/mol. The van der Waals surface area contributed by atoms with E-state index < -0.39 is 11.8 Å². The number of fused-ring (bicyclic) bond motifs is 1. The molecule has 1 amide bonds. The van der Waals surface area contributed by atoms with Gasteiger partial charge in [0.1, 0.15) is 5.82 Å². The van der Waals surface area contributed by atoms with Crippen LogP contribution in [0.25, 0.3) is 22.0 Å².